The molecule has 2 atom stereocenters. The number of anilines is 7. The molecule has 5 aliphatic rings. The summed E-state index contributed by atoms with van der Waals surface area (Å²) in [7, 11) is 0. The monoisotopic (exact) mass is 985 g/mol. The van der Waals surface area contributed by atoms with Crippen molar-refractivity contribution in [2.75, 3.05) is 14.7 Å². The molecule has 2 unspecified atom stereocenters. The van der Waals surface area contributed by atoms with Gasteiger partial charge in [0.2, 0.25) is 0 Å². The second-order valence-corrected chi connectivity index (χ2v) is 20.1. The highest BCUT2D eigenvalue weighted by atomic mass is 15.2. The van der Waals surface area contributed by atoms with Gasteiger partial charge in [0.05, 0.1) is 12.1 Å². The second kappa shape index (κ2) is 22.7. The van der Waals surface area contributed by atoms with Crippen molar-refractivity contribution in [1.82, 2.24) is 4.90 Å². The van der Waals surface area contributed by atoms with Gasteiger partial charge >= 0.3 is 0 Å². The molecule has 0 fully saturated rings. The van der Waals surface area contributed by atoms with Gasteiger partial charge in [0.1, 0.15) is 0 Å². The van der Waals surface area contributed by atoms with E-state index >= 15 is 0 Å². The van der Waals surface area contributed by atoms with E-state index in [-0.39, 0.29) is 12.1 Å². The van der Waals surface area contributed by atoms with Crippen LogP contribution in [-0.2, 0) is 0 Å². The van der Waals surface area contributed by atoms with Crippen LogP contribution in [-0.4, -0.2) is 17.0 Å². The van der Waals surface area contributed by atoms with E-state index in [1.54, 1.807) is 0 Å². The maximum atomic E-state index is 2.61. The Morgan fingerprint density at radius 3 is 1.17 bits per heavy atom. The van der Waals surface area contributed by atoms with E-state index in [1.807, 2.05) is 0 Å². The van der Waals surface area contributed by atoms with E-state index in [0.29, 0.717) is 0 Å². The van der Waals surface area contributed by atoms with Crippen LogP contribution < -0.4 is 14.7 Å². The van der Waals surface area contributed by atoms with E-state index in [4.69, 9.17) is 0 Å². The number of para-hydroxylation sites is 4. The highest BCUT2D eigenvalue weighted by molar-refractivity contribution is 5.83. The Morgan fingerprint density at radius 2 is 0.737 bits per heavy atom. The topological polar surface area (TPSA) is 13.0 Å². The minimum atomic E-state index is 0.223. The third-order valence-corrected chi connectivity index (χ3v) is 15.3. The molecule has 12 rings (SSSR count). The number of benzene rings is 7. The lowest BCUT2D eigenvalue weighted by Crippen LogP contribution is -2.33. The van der Waals surface area contributed by atoms with E-state index < -0.39 is 0 Å². The summed E-state index contributed by atoms with van der Waals surface area (Å²) in [6.07, 6.45) is 41.2. The van der Waals surface area contributed by atoms with Gasteiger partial charge in [0, 0.05) is 56.9 Å². The van der Waals surface area contributed by atoms with Gasteiger partial charge in [0.15, 0.2) is 0 Å². The van der Waals surface area contributed by atoms with Crippen molar-refractivity contribution in [2.45, 2.75) is 63.5 Å². The zero-order valence-electron chi connectivity index (χ0n) is 43.2. The maximum absolute atomic E-state index is 2.61. The number of allylic oxidation sites excluding steroid dienone is 14. The van der Waals surface area contributed by atoms with E-state index in [2.05, 4.69) is 299 Å². The predicted molar refractivity (Wildman–Crippen MR) is 322 cm³/mol. The van der Waals surface area contributed by atoms with Crippen LogP contribution in [0.4, 0.5) is 39.8 Å². The van der Waals surface area contributed by atoms with Crippen molar-refractivity contribution >= 4 is 56.5 Å². The number of rotatable bonds is 15. The van der Waals surface area contributed by atoms with Gasteiger partial charge in [-0.2, -0.15) is 0 Å². The van der Waals surface area contributed by atoms with E-state index in [0.717, 1.165) is 68.4 Å². The molecule has 0 amide bonds. The van der Waals surface area contributed by atoms with Crippen LogP contribution in [0.5, 0.6) is 0 Å². The molecule has 0 saturated carbocycles. The zero-order chi connectivity index (χ0) is 50.9. The third kappa shape index (κ3) is 10.6. The number of hydrogen-bond acceptors (Lipinski definition) is 4. The quantitative estimate of drug-likeness (QED) is 0.101. The Balaban J connectivity index is 0.741. The average Bonchev–Trinajstić information content (AvgIpc) is 3.51. The Morgan fingerprint density at radius 1 is 0.316 bits per heavy atom. The van der Waals surface area contributed by atoms with Gasteiger partial charge < -0.3 is 19.6 Å². The van der Waals surface area contributed by atoms with Crippen LogP contribution in [0, 0.1) is 0 Å². The number of nitrogens with zero attached hydrogens (tertiary/aromatic N) is 4. The molecule has 4 nitrogen and oxygen atoms in total. The van der Waals surface area contributed by atoms with Gasteiger partial charge in [0.25, 0.3) is 0 Å². The lowest BCUT2D eigenvalue weighted by Gasteiger charge is -2.37. The fourth-order valence-electron chi connectivity index (χ4n) is 11.4. The fourth-order valence-corrected chi connectivity index (χ4v) is 11.4. The Hall–Kier alpha value is -8.86. The molecule has 0 saturated heterocycles. The molecule has 0 heterocycles. The van der Waals surface area contributed by atoms with Crippen LogP contribution in [0.1, 0.15) is 68.1 Å². The summed E-state index contributed by atoms with van der Waals surface area (Å²) in [6.45, 7) is 0. The van der Waals surface area contributed by atoms with Crippen molar-refractivity contribution in [1.29, 1.82) is 0 Å². The molecule has 0 spiro atoms. The first-order valence-corrected chi connectivity index (χ1v) is 27.3. The lowest BCUT2D eigenvalue weighted by atomic mass is 9.92. The summed E-state index contributed by atoms with van der Waals surface area (Å²) in [6, 6.07) is 70.7. The number of hydrogen-bond donors (Lipinski definition) is 0. The van der Waals surface area contributed by atoms with Crippen molar-refractivity contribution in [3.63, 3.8) is 0 Å². The van der Waals surface area contributed by atoms with Crippen molar-refractivity contribution in [2.24, 2.45) is 0 Å². The standard InChI is InChI=1S/C72H64N4/c1-7-19-61(20-8-1)73(62-21-9-2-10-22-62)67-43-31-55(32-44-67)57-35-47-69(48-36-57)75(65-27-15-5-16-28-65)71-51-39-59(40-52-71)60-41-53-72(54-42-60)76(66-29-17-6-18-30-66)70-49-37-58(38-50-70)56-33-45-68(46-34-56)74(63-23-11-3-12-24-63)64-25-13-4-14-26-64/h1-3,5,7-13,15-17,19-41,43,45-49,51-53,67,70H,4,6,14,18,42,44,50,54H2. The normalized spacial score (nSPS) is 17.8. The van der Waals surface area contributed by atoms with Crippen LogP contribution in [0.3, 0.4) is 0 Å². The molecule has 0 aliphatic heterocycles. The first-order valence-electron chi connectivity index (χ1n) is 27.3. The highest BCUT2D eigenvalue weighted by Crippen LogP contribution is 2.41. The Kier molecular flexibility index (Phi) is 14.4. The molecule has 372 valence electrons. The van der Waals surface area contributed by atoms with Crippen LogP contribution in [0.15, 0.2) is 296 Å². The van der Waals surface area contributed by atoms with Crippen molar-refractivity contribution < 1.29 is 0 Å². The summed E-state index contributed by atoms with van der Waals surface area (Å²) < 4.78 is 0. The zero-order valence-corrected chi connectivity index (χ0v) is 43.2. The summed E-state index contributed by atoms with van der Waals surface area (Å²) >= 11 is 0. The van der Waals surface area contributed by atoms with E-state index in [9.17, 15) is 0 Å². The molecular weight excluding hydrogens is 921 g/mol. The second-order valence-electron chi connectivity index (χ2n) is 20.1. The minimum absolute atomic E-state index is 0.223. The average molecular weight is 985 g/mol. The largest absolute Gasteiger partial charge is 0.338 e. The molecule has 0 radical (unpaired) electrons. The predicted octanol–water partition coefficient (Wildman–Crippen LogP) is 19.1. The van der Waals surface area contributed by atoms with Crippen molar-refractivity contribution in [3.05, 3.63) is 313 Å². The molecule has 76 heavy (non-hydrogen) atoms. The van der Waals surface area contributed by atoms with Gasteiger partial charge in [-0.3, -0.25) is 0 Å². The highest BCUT2D eigenvalue weighted by Gasteiger charge is 2.26. The van der Waals surface area contributed by atoms with E-state index in [1.165, 1.54) is 73.3 Å². The summed E-state index contributed by atoms with van der Waals surface area (Å²) in [5.74, 6) is 0. The van der Waals surface area contributed by atoms with Crippen LogP contribution >= 0.6 is 0 Å². The molecule has 0 aromatic heterocycles. The molecule has 0 N–H and O–H groups in total. The SMILES string of the molecule is C1=CC(N(c2ccccc2)c2ccc(C3=CCC(N(C4=CCCC=C4)C4=CC=C(c5ccc(N(c6ccccc6)c6ccc(C7=CCC(N(c8ccccc8)c8ccccc8)C=C7)cc6)cc5)CC4)C=C3)cc2)=CCC1. The minimum Gasteiger partial charge on any atom is -0.338 e. The molecule has 0 bridgehead atoms. The Bertz CT molecular complexity index is 3400. The molecule has 5 aliphatic carbocycles. The fraction of sp³-hybridized carbons (Fsp3) is 0.139. The summed E-state index contributed by atoms with van der Waals surface area (Å²) in [5, 5.41) is 0. The van der Waals surface area contributed by atoms with Gasteiger partial charge in [-0.05, 0) is 188 Å². The smallest absolute Gasteiger partial charge is 0.0560 e. The van der Waals surface area contributed by atoms with Crippen LogP contribution in [0.2, 0.25) is 0 Å². The first kappa shape index (κ1) is 48.1. The van der Waals surface area contributed by atoms with Gasteiger partial charge in [-0.1, -0.05) is 176 Å². The Labute approximate surface area is 450 Å². The molecular formula is C72H64N4. The molecule has 7 aromatic rings. The maximum Gasteiger partial charge on any atom is 0.0560 e. The molecule has 4 heteroatoms. The van der Waals surface area contributed by atoms with Crippen molar-refractivity contribution in [3.8, 4) is 0 Å². The third-order valence-electron chi connectivity index (χ3n) is 15.3. The van der Waals surface area contributed by atoms with Crippen LogP contribution in [0.25, 0.3) is 16.7 Å². The molecule has 7 aromatic carbocycles. The van der Waals surface area contributed by atoms with Gasteiger partial charge in [-0.25, -0.2) is 0 Å². The first-order chi connectivity index (χ1) is 37.7. The van der Waals surface area contributed by atoms with Gasteiger partial charge in [-0.15, -0.1) is 0 Å². The summed E-state index contributed by atoms with van der Waals surface area (Å²) in [4.78, 5) is 9.77. The summed E-state index contributed by atoms with van der Waals surface area (Å²) in [5.41, 5.74) is 19.7. The lowest BCUT2D eigenvalue weighted by molar-refractivity contribution is 0.357.